The van der Waals surface area contributed by atoms with E-state index in [1.54, 1.807) is 28.5 Å². The number of benzene rings is 1. The highest BCUT2D eigenvalue weighted by Crippen LogP contribution is 2.23. The van der Waals surface area contributed by atoms with E-state index in [1.165, 1.54) is 15.6 Å². The van der Waals surface area contributed by atoms with Gasteiger partial charge in [-0.2, -0.15) is 5.10 Å². The van der Waals surface area contributed by atoms with Gasteiger partial charge in [0.1, 0.15) is 12.1 Å². The number of nitrogens with zero attached hydrogens (tertiary/aromatic N) is 4. The number of aryl methyl sites for hydroxylation is 1. The molecule has 5 nitrogen and oxygen atoms in total. The third-order valence-corrected chi connectivity index (χ3v) is 4.40. The fourth-order valence-corrected chi connectivity index (χ4v) is 3.19. The van der Waals surface area contributed by atoms with E-state index in [4.69, 9.17) is 0 Å². The number of hydrogen-bond donors (Lipinski definition) is 1. The largest absolute Gasteiger partial charge is 0.365 e. The molecule has 1 N–H and O–H groups in total. The molecule has 1 aromatic carbocycles. The maximum absolute atomic E-state index is 4.31. The third-order valence-electron chi connectivity index (χ3n) is 3.51. The van der Waals surface area contributed by atoms with Crippen LogP contribution < -0.4 is 5.32 Å². The van der Waals surface area contributed by atoms with Crippen molar-refractivity contribution in [2.75, 3.05) is 5.32 Å². The molecular formula is C15H13N5S. The lowest BCUT2D eigenvalue weighted by Crippen LogP contribution is -2.02. The second-order valence-electron chi connectivity index (χ2n) is 4.87. The summed E-state index contributed by atoms with van der Waals surface area (Å²) in [6.07, 6.45) is 3.36. The molecule has 4 aromatic rings. The second kappa shape index (κ2) is 4.82. The molecule has 0 saturated carbocycles. The topological polar surface area (TPSA) is 55.6 Å². The molecule has 6 heteroatoms. The molecule has 4 rings (SSSR count). The van der Waals surface area contributed by atoms with Gasteiger partial charge in [-0.25, -0.2) is 9.97 Å². The van der Waals surface area contributed by atoms with Gasteiger partial charge in [0, 0.05) is 18.3 Å². The van der Waals surface area contributed by atoms with Crippen molar-refractivity contribution < 1.29 is 0 Å². The van der Waals surface area contributed by atoms with Crippen molar-refractivity contribution in [1.82, 2.24) is 19.7 Å². The Labute approximate surface area is 125 Å². The molecule has 3 heterocycles. The number of fused-ring (bicyclic) bond motifs is 2. The highest BCUT2D eigenvalue weighted by Gasteiger charge is 2.07. The van der Waals surface area contributed by atoms with Crippen LogP contribution in [0.15, 0.2) is 42.2 Å². The SMILES string of the molecule is Cn1ncc2c(NCc3ccc4sccc4c3)ncnc21. The van der Waals surface area contributed by atoms with Crippen LogP contribution in [0, 0.1) is 0 Å². The van der Waals surface area contributed by atoms with Crippen LogP contribution in [0.1, 0.15) is 5.56 Å². The highest BCUT2D eigenvalue weighted by atomic mass is 32.1. The molecule has 0 fully saturated rings. The van der Waals surface area contributed by atoms with Crippen LogP contribution in [0.4, 0.5) is 5.82 Å². The van der Waals surface area contributed by atoms with Gasteiger partial charge in [0.05, 0.1) is 11.6 Å². The lowest BCUT2D eigenvalue weighted by Gasteiger charge is -2.06. The minimum atomic E-state index is 0.729. The molecule has 0 unspecified atom stereocenters. The first kappa shape index (κ1) is 12.3. The van der Waals surface area contributed by atoms with Gasteiger partial charge in [-0.1, -0.05) is 6.07 Å². The maximum Gasteiger partial charge on any atom is 0.163 e. The Morgan fingerprint density at radius 2 is 2.19 bits per heavy atom. The lowest BCUT2D eigenvalue weighted by atomic mass is 10.1. The summed E-state index contributed by atoms with van der Waals surface area (Å²) in [5, 5.41) is 11.9. The number of thiophene rings is 1. The van der Waals surface area contributed by atoms with Gasteiger partial charge in [0.15, 0.2) is 5.65 Å². The first-order valence-electron chi connectivity index (χ1n) is 6.64. The van der Waals surface area contributed by atoms with Crippen LogP contribution in [0.25, 0.3) is 21.1 Å². The van der Waals surface area contributed by atoms with Crippen molar-refractivity contribution in [3.05, 3.63) is 47.7 Å². The van der Waals surface area contributed by atoms with Gasteiger partial charge in [0.25, 0.3) is 0 Å². The Morgan fingerprint density at radius 3 is 3.14 bits per heavy atom. The molecule has 0 aliphatic heterocycles. The molecule has 0 saturated heterocycles. The van der Waals surface area contributed by atoms with E-state index < -0.39 is 0 Å². The molecule has 0 spiro atoms. The molecule has 0 atom stereocenters. The molecule has 0 radical (unpaired) electrons. The number of aromatic nitrogens is 4. The summed E-state index contributed by atoms with van der Waals surface area (Å²) in [7, 11) is 1.88. The highest BCUT2D eigenvalue weighted by molar-refractivity contribution is 7.17. The standard InChI is InChI=1S/C15H13N5S/c1-20-15-12(8-19-20)14(17-9-18-15)16-7-10-2-3-13-11(6-10)4-5-21-13/h2-6,8-9H,7H2,1H3,(H,16,17,18). The van der Waals surface area contributed by atoms with Gasteiger partial charge in [-0.15, -0.1) is 11.3 Å². The molecule has 0 aliphatic carbocycles. The monoisotopic (exact) mass is 295 g/mol. The number of nitrogens with one attached hydrogen (secondary N) is 1. The zero-order chi connectivity index (χ0) is 14.2. The van der Waals surface area contributed by atoms with Crippen LogP contribution in [-0.2, 0) is 13.6 Å². The average Bonchev–Trinajstić information content (AvgIpc) is 3.12. The van der Waals surface area contributed by atoms with Crippen molar-refractivity contribution in [3.8, 4) is 0 Å². The van der Waals surface area contributed by atoms with Crippen LogP contribution in [0.3, 0.4) is 0 Å². The lowest BCUT2D eigenvalue weighted by molar-refractivity contribution is 0.785. The quantitative estimate of drug-likeness (QED) is 0.630. The van der Waals surface area contributed by atoms with Crippen LogP contribution in [-0.4, -0.2) is 19.7 Å². The minimum Gasteiger partial charge on any atom is -0.365 e. The Kier molecular flexibility index (Phi) is 2.82. The molecule has 3 aromatic heterocycles. The Balaban J connectivity index is 1.62. The van der Waals surface area contributed by atoms with Crippen LogP contribution in [0.5, 0.6) is 0 Å². The fraction of sp³-hybridized carbons (Fsp3) is 0.133. The zero-order valence-corrected chi connectivity index (χ0v) is 12.3. The molecule has 0 bridgehead atoms. The van der Waals surface area contributed by atoms with Crippen molar-refractivity contribution in [2.45, 2.75) is 6.54 Å². The average molecular weight is 295 g/mol. The predicted molar refractivity (Wildman–Crippen MR) is 85.5 cm³/mol. The van der Waals surface area contributed by atoms with Crippen molar-refractivity contribution in [3.63, 3.8) is 0 Å². The van der Waals surface area contributed by atoms with Crippen molar-refractivity contribution in [2.24, 2.45) is 7.05 Å². The summed E-state index contributed by atoms with van der Waals surface area (Å²) in [5.41, 5.74) is 2.07. The van der Waals surface area contributed by atoms with E-state index in [2.05, 4.69) is 50.0 Å². The molecule has 0 aliphatic rings. The first-order valence-corrected chi connectivity index (χ1v) is 7.52. The number of rotatable bonds is 3. The summed E-state index contributed by atoms with van der Waals surface area (Å²) < 4.78 is 3.06. The van der Waals surface area contributed by atoms with E-state index in [1.807, 2.05) is 7.05 Å². The smallest absolute Gasteiger partial charge is 0.163 e. The second-order valence-corrected chi connectivity index (χ2v) is 5.82. The fourth-order valence-electron chi connectivity index (χ4n) is 2.41. The van der Waals surface area contributed by atoms with Gasteiger partial charge < -0.3 is 5.32 Å². The van der Waals surface area contributed by atoms with E-state index in [9.17, 15) is 0 Å². The third kappa shape index (κ3) is 2.13. The van der Waals surface area contributed by atoms with Crippen molar-refractivity contribution in [1.29, 1.82) is 0 Å². The number of hydrogen-bond acceptors (Lipinski definition) is 5. The molecular weight excluding hydrogens is 282 g/mol. The zero-order valence-electron chi connectivity index (χ0n) is 11.4. The van der Waals surface area contributed by atoms with E-state index in [0.717, 1.165) is 23.4 Å². The van der Waals surface area contributed by atoms with Crippen LogP contribution in [0.2, 0.25) is 0 Å². The Hall–Kier alpha value is -2.47. The predicted octanol–water partition coefficient (Wildman–Crippen LogP) is 3.19. The summed E-state index contributed by atoms with van der Waals surface area (Å²) >= 11 is 1.76. The summed E-state index contributed by atoms with van der Waals surface area (Å²) in [6, 6.07) is 8.66. The normalized spacial score (nSPS) is 11.3. The van der Waals surface area contributed by atoms with Crippen molar-refractivity contribution >= 4 is 38.3 Å². The first-order chi connectivity index (χ1) is 10.3. The van der Waals surface area contributed by atoms with Crippen LogP contribution >= 0.6 is 11.3 Å². The summed E-state index contributed by atoms with van der Waals surface area (Å²) in [4.78, 5) is 8.56. The minimum absolute atomic E-state index is 0.729. The Bertz CT molecular complexity index is 924. The van der Waals surface area contributed by atoms with Gasteiger partial charge >= 0.3 is 0 Å². The van der Waals surface area contributed by atoms with E-state index >= 15 is 0 Å². The van der Waals surface area contributed by atoms with Gasteiger partial charge in [-0.3, -0.25) is 4.68 Å². The summed E-state index contributed by atoms with van der Waals surface area (Å²) in [6.45, 7) is 0.729. The van der Waals surface area contributed by atoms with E-state index in [0.29, 0.717) is 0 Å². The molecule has 21 heavy (non-hydrogen) atoms. The summed E-state index contributed by atoms with van der Waals surface area (Å²) in [5.74, 6) is 0.818. The van der Waals surface area contributed by atoms with E-state index in [-0.39, 0.29) is 0 Å². The van der Waals surface area contributed by atoms with Gasteiger partial charge in [-0.05, 0) is 34.5 Å². The molecule has 0 amide bonds. The molecule has 104 valence electrons. The number of anilines is 1. The maximum atomic E-state index is 4.31. The Morgan fingerprint density at radius 1 is 1.24 bits per heavy atom. The van der Waals surface area contributed by atoms with Gasteiger partial charge in [0.2, 0.25) is 0 Å².